The van der Waals surface area contributed by atoms with Gasteiger partial charge in [-0.1, -0.05) is 42.8 Å². The van der Waals surface area contributed by atoms with Gasteiger partial charge in [0.15, 0.2) is 5.11 Å². The van der Waals surface area contributed by atoms with E-state index < -0.39 is 0 Å². The molecule has 0 fully saturated rings. The minimum atomic E-state index is -0.336. The number of thiocarbonyl (C=S) groups is 1. The van der Waals surface area contributed by atoms with E-state index in [2.05, 4.69) is 40.4 Å². The fourth-order valence-corrected chi connectivity index (χ4v) is 2.85. The summed E-state index contributed by atoms with van der Waals surface area (Å²) in [7, 11) is 0. The fraction of sp³-hybridized carbons (Fsp3) is 0.333. The lowest BCUT2D eigenvalue weighted by molar-refractivity contribution is 0.0973. The maximum atomic E-state index is 12.7. The molecule has 2 N–H and O–H groups in total. The van der Waals surface area contributed by atoms with Crippen LogP contribution in [-0.2, 0) is 0 Å². The molecule has 5 nitrogen and oxygen atoms in total. The number of nitrogens with one attached hydrogen (secondary N) is 2. The van der Waals surface area contributed by atoms with E-state index in [1.165, 1.54) is 0 Å². The van der Waals surface area contributed by atoms with E-state index in [-0.39, 0.29) is 11.0 Å². The SMILES string of the molecule is CCCOc1ccc(Br)cc1C(=O)NC(=S)Nc1cccc(OCC(C)C)c1. The Bertz CT molecular complexity index is 827. The highest BCUT2D eigenvalue weighted by Crippen LogP contribution is 2.24. The lowest BCUT2D eigenvalue weighted by Crippen LogP contribution is -2.34. The molecule has 0 aliphatic carbocycles. The Morgan fingerprint density at radius 2 is 1.96 bits per heavy atom. The Kier molecular flexibility index (Phi) is 8.73. The summed E-state index contributed by atoms with van der Waals surface area (Å²) >= 11 is 8.68. The second-order valence-electron chi connectivity index (χ2n) is 6.63. The van der Waals surface area contributed by atoms with Gasteiger partial charge in [0.05, 0.1) is 18.8 Å². The third-order valence-electron chi connectivity index (χ3n) is 3.55. The molecule has 0 aromatic heterocycles. The first kappa shape index (κ1) is 22.2. The number of rotatable bonds is 8. The van der Waals surface area contributed by atoms with E-state index in [4.69, 9.17) is 21.7 Å². The third-order valence-corrected chi connectivity index (χ3v) is 4.25. The fourth-order valence-electron chi connectivity index (χ4n) is 2.28. The molecule has 0 saturated heterocycles. The number of anilines is 1. The normalized spacial score (nSPS) is 10.5. The van der Waals surface area contributed by atoms with Gasteiger partial charge in [-0.05, 0) is 54.9 Å². The molecule has 0 heterocycles. The lowest BCUT2D eigenvalue weighted by Gasteiger charge is -2.14. The predicted octanol–water partition coefficient (Wildman–Crippen LogP) is 5.40. The second-order valence-corrected chi connectivity index (χ2v) is 7.95. The lowest BCUT2D eigenvalue weighted by atomic mass is 10.2. The van der Waals surface area contributed by atoms with Gasteiger partial charge < -0.3 is 14.8 Å². The maximum absolute atomic E-state index is 12.7. The van der Waals surface area contributed by atoms with Crippen molar-refractivity contribution in [3.05, 3.63) is 52.5 Å². The number of ether oxygens (including phenoxy) is 2. The van der Waals surface area contributed by atoms with Crippen LogP contribution in [0.5, 0.6) is 11.5 Å². The average Bonchev–Trinajstić information content (AvgIpc) is 2.65. The summed E-state index contributed by atoms with van der Waals surface area (Å²) in [6.45, 7) is 7.36. The minimum absolute atomic E-state index is 0.201. The van der Waals surface area contributed by atoms with Gasteiger partial charge in [0, 0.05) is 16.2 Å². The highest BCUT2D eigenvalue weighted by molar-refractivity contribution is 9.10. The highest BCUT2D eigenvalue weighted by Gasteiger charge is 2.15. The molecule has 2 rings (SSSR count). The first-order chi connectivity index (χ1) is 13.4. The molecule has 0 atom stereocenters. The number of hydrogen-bond acceptors (Lipinski definition) is 4. The number of benzene rings is 2. The highest BCUT2D eigenvalue weighted by atomic mass is 79.9. The smallest absolute Gasteiger partial charge is 0.261 e. The van der Waals surface area contributed by atoms with Crippen molar-refractivity contribution in [1.29, 1.82) is 0 Å². The van der Waals surface area contributed by atoms with Crippen LogP contribution in [-0.4, -0.2) is 24.2 Å². The molecule has 0 radical (unpaired) electrons. The van der Waals surface area contributed by atoms with E-state index in [1.807, 2.05) is 37.3 Å². The Labute approximate surface area is 179 Å². The molecule has 1 amide bonds. The number of amides is 1. The molecule has 2 aromatic carbocycles. The molecule has 2 aromatic rings. The van der Waals surface area contributed by atoms with E-state index in [1.54, 1.807) is 12.1 Å². The standard InChI is InChI=1S/C21H25BrN2O3S/c1-4-10-26-19-9-8-15(22)11-18(19)20(25)24-21(28)23-16-6-5-7-17(12-16)27-13-14(2)3/h5-9,11-12,14H,4,10,13H2,1-3H3,(H2,23,24,25,28). The topological polar surface area (TPSA) is 59.6 Å². The quantitative estimate of drug-likeness (QED) is 0.512. The molecule has 0 saturated carbocycles. The van der Waals surface area contributed by atoms with Gasteiger partial charge in [0.1, 0.15) is 11.5 Å². The average molecular weight is 465 g/mol. The molecular weight excluding hydrogens is 440 g/mol. The molecule has 0 aliphatic rings. The zero-order valence-corrected chi connectivity index (χ0v) is 18.7. The van der Waals surface area contributed by atoms with Crippen molar-refractivity contribution in [1.82, 2.24) is 5.32 Å². The van der Waals surface area contributed by atoms with E-state index in [0.717, 1.165) is 22.3 Å². The van der Waals surface area contributed by atoms with Crippen LogP contribution in [0.4, 0.5) is 5.69 Å². The summed E-state index contributed by atoms with van der Waals surface area (Å²) in [6.07, 6.45) is 0.853. The molecule has 0 bridgehead atoms. The molecule has 7 heteroatoms. The molecule has 28 heavy (non-hydrogen) atoms. The summed E-state index contributed by atoms with van der Waals surface area (Å²) in [5.41, 5.74) is 1.16. The van der Waals surface area contributed by atoms with Crippen molar-refractivity contribution in [3.8, 4) is 11.5 Å². The largest absolute Gasteiger partial charge is 0.493 e. The first-order valence-corrected chi connectivity index (χ1v) is 10.4. The van der Waals surface area contributed by atoms with Gasteiger partial charge in [-0.3, -0.25) is 10.1 Å². The monoisotopic (exact) mass is 464 g/mol. The van der Waals surface area contributed by atoms with Gasteiger partial charge >= 0.3 is 0 Å². The van der Waals surface area contributed by atoms with Crippen LogP contribution >= 0.6 is 28.1 Å². The molecule has 0 unspecified atom stereocenters. The molecule has 0 spiro atoms. The van der Waals surface area contributed by atoms with Crippen LogP contribution in [0.15, 0.2) is 46.9 Å². The number of carbonyl (C=O) groups is 1. The predicted molar refractivity (Wildman–Crippen MR) is 120 cm³/mol. The van der Waals surface area contributed by atoms with Crippen LogP contribution in [0, 0.1) is 5.92 Å². The summed E-state index contributed by atoms with van der Waals surface area (Å²) < 4.78 is 12.2. The van der Waals surface area contributed by atoms with E-state index >= 15 is 0 Å². The van der Waals surface area contributed by atoms with Gasteiger partial charge in [-0.15, -0.1) is 0 Å². The Morgan fingerprint density at radius 3 is 2.68 bits per heavy atom. The summed E-state index contributed by atoms with van der Waals surface area (Å²) in [5, 5.41) is 5.91. The summed E-state index contributed by atoms with van der Waals surface area (Å²) in [6, 6.07) is 12.8. The molecule has 150 valence electrons. The van der Waals surface area contributed by atoms with Crippen LogP contribution in [0.25, 0.3) is 0 Å². The zero-order valence-electron chi connectivity index (χ0n) is 16.3. The first-order valence-electron chi connectivity index (χ1n) is 9.16. The third kappa shape index (κ3) is 7.13. The number of carbonyl (C=O) groups excluding carboxylic acids is 1. The van der Waals surface area contributed by atoms with Crippen LogP contribution < -0.4 is 20.1 Å². The Balaban J connectivity index is 2.02. The van der Waals surface area contributed by atoms with Crippen molar-refractivity contribution in [2.24, 2.45) is 5.92 Å². The van der Waals surface area contributed by atoms with Crippen molar-refractivity contribution >= 4 is 44.9 Å². The summed E-state index contributed by atoms with van der Waals surface area (Å²) in [5.74, 6) is 1.37. The van der Waals surface area contributed by atoms with Crippen molar-refractivity contribution in [2.75, 3.05) is 18.5 Å². The Hall–Kier alpha value is -2.12. The number of halogens is 1. The summed E-state index contributed by atoms with van der Waals surface area (Å²) in [4.78, 5) is 12.7. The maximum Gasteiger partial charge on any atom is 0.261 e. The van der Waals surface area contributed by atoms with Gasteiger partial charge in [-0.25, -0.2) is 0 Å². The number of hydrogen-bond donors (Lipinski definition) is 2. The zero-order chi connectivity index (χ0) is 20.5. The van der Waals surface area contributed by atoms with Gasteiger partial charge in [0.25, 0.3) is 5.91 Å². The molecule has 0 aliphatic heterocycles. The van der Waals surface area contributed by atoms with E-state index in [9.17, 15) is 4.79 Å². The van der Waals surface area contributed by atoms with Gasteiger partial charge in [-0.2, -0.15) is 0 Å². The van der Waals surface area contributed by atoms with Crippen molar-refractivity contribution in [3.63, 3.8) is 0 Å². The van der Waals surface area contributed by atoms with Crippen LogP contribution in [0.1, 0.15) is 37.6 Å². The van der Waals surface area contributed by atoms with Crippen LogP contribution in [0.2, 0.25) is 0 Å². The second kappa shape index (κ2) is 11.0. The van der Waals surface area contributed by atoms with Crippen molar-refractivity contribution < 1.29 is 14.3 Å². The van der Waals surface area contributed by atoms with E-state index in [0.29, 0.717) is 30.4 Å². The Morgan fingerprint density at radius 1 is 1.18 bits per heavy atom. The minimum Gasteiger partial charge on any atom is -0.493 e. The van der Waals surface area contributed by atoms with Gasteiger partial charge in [0.2, 0.25) is 0 Å². The van der Waals surface area contributed by atoms with Crippen molar-refractivity contribution in [2.45, 2.75) is 27.2 Å². The van der Waals surface area contributed by atoms with Crippen LogP contribution in [0.3, 0.4) is 0 Å². The molecular formula is C21H25BrN2O3S.